The number of para-hydroxylation sites is 4. The van der Waals surface area contributed by atoms with E-state index in [-0.39, 0.29) is 0 Å². The normalized spacial score (nSPS) is 15.3. The molecule has 9 aromatic rings. The molecule has 0 bridgehead atoms. The predicted octanol–water partition coefficient (Wildman–Crippen LogP) is 10.4. The molecule has 0 saturated heterocycles. The summed E-state index contributed by atoms with van der Waals surface area (Å²) in [6, 6.07) is 53.4. The van der Waals surface area contributed by atoms with Crippen LogP contribution in [0.15, 0.2) is 152 Å². The topological polar surface area (TPSA) is 14.8 Å². The summed E-state index contributed by atoms with van der Waals surface area (Å²) in [5.41, 5.74) is 12.8. The minimum absolute atomic E-state index is 0.309. The van der Waals surface area contributed by atoms with Gasteiger partial charge in [0, 0.05) is 66.4 Å². The van der Waals surface area contributed by atoms with Crippen LogP contribution in [0.4, 0.5) is 0 Å². The Bertz CT molecular complexity index is 2990. The van der Waals surface area contributed by atoms with E-state index in [0.29, 0.717) is 5.92 Å². The molecule has 0 radical (unpaired) electrons. The van der Waals surface area contributed by atoms with Crippen LogP contribution in [-0.2, 0) is 6.42 Å². The molecule has 0 N–H and O–H groups in total. The Morgan fingerprint density at radius 2 is 1.14 bits per heavy atom. The number of allylic oxidation sites excluding steroid dienone is 1. The SMILES string of the molecule is C1=Cc2c(n(-c3ccc4c(c3)c3ccccc3n4-c3ccccc3)c3ccc(C4C=c5c(n(-c6ccccc6)c6ccccc56)=CC4)cc23)CC1. The van der Waals surface area contributed by atoms with E-state index in [0.717, 1.165) is 19.3 Å². The lowest BCUT2D eigenvalue weighted by atomic mass is 9.90. The van der Waals surface area contributed by atoms with Crippen LogP contribution in [0.25, 0.3) is 78.9 Å². The Kier molecular flexibility index (Phi) is 6.20. The maximum atomic E-state index is 2.54. The van der Waals surface area contributed by atoms with E-state index in [9.17, 15) is 0 Å². The van der Waals surface area contributed by atoms with Crippen LogP contribution in [0.5, 0.6) is 0 Å². The fraction of sp³-hybridized carbons (Fsp3) is 0.0833. The van der Waals surface area contributed by atoms with Crippen LogP contribution in [0.1, 0.15) is 35.6 Å². The van der Waals surface area contributed by atoms with Crippen molar-refractivity contribution in [2.75, 3.05) is 0 Å². The highest BCUT2D eigenvalue weighted by Gasteiger charge is 2.23. The van der Waals surface area contributed by atoms with E-state index in [4.69, 9.17) is 0 Å². The lowest BCUT2D eigenvalue weighted by Crippen LogP contribution is -2.31. The van der Waals surface area contributed by atoms with Crippen molar-refractivity contribution in [1.29, 1.82) is 0 Å². The number of nitrogens with zero attached hydrogens (tertiary/aromatic N) is 3. The van der Waals surface area contributed by atoms with Gasteiger partial charge in [-0.15, -0.1) is 0 Å². The highest BCUT2D eigenvalue weighted by Crippen LogP contribution is 2.39. The van der Waals surface area contributed by atoms with E-state index in [1.165, 1.54) is 88.1 Å². The first-order valence-corrected chi connectivity index (χ1v) is 18.1. The first kappa shape index (κ1) is 28.5. The molecule has 3 heteroatoms. The molecule has 0 fully saturated rings. The van der Waals surface area contributed by atoms with Crippen molar-refractivity contribution in [3.8, 4) is 17.1 Å². The third-order valence-electron chi connectivity index (χ3n) is 11.2. The van der Waals surface area contributed by atoms with Gasteiger partial charge in [0.2, 0.25) is 0 Å². The minimum atomic E-state index is 0.309. The molecule has 11 rings (SSSR count). The van der Waals surface area contributed by atoms with Gasteiger partial charge in [0.15, 0.2) is 0 Å². The van der Waals surface area contributed by atoms with Gasteiger partial charge in [-0.1, -0.05) is 103 Å². The van der Waals surface area contributed by atoms with Gasteiger partial charge in [0.25, 0.3) is 0 Å². The summed E-state index contributed by atoms with van der Waals surface area (Å²) in [5, 5.41) is 7.86. The number of aromatic nitrogens is 3. The fourth-order valence-corrected chi connectivity index (χ4v) is 8.98. The molecule has 6 aromatic carbocycles. The minimum Gasteiger partial charge on any atom is -0.313 e. The monoisotopic (exact) mass is 653 g/mol. The molecule has 3 heterocycles. The van der Waals surface area contributed by atoms with Gasteiger partial charge in [-0.2, -0.15) is 0 Å². The number of hydrogen-bond donors (Lipinski definition) is 0. The lowest BCUT2D eigenvalue weighted by Gasteiger charge is -2.16. The zero-order chi connectivity index (χ0) is 33.5. The summed E-state index contributed by atoms with van der Waals surface area (Å²) < 4.78 is 7.36. The van der Waals surface area contributed by atoms with E-state index >= 15 is 0 Å². The smallest absolute Gasteiger partial charge is 0.0542 e. The molecule has 2 aliphatic carbocycles. The Morgan fingerprint density at radius 3 is 1.94 bits per heavy atom. The fourth-order valence-electron chi connectivity index (χ4n) is 8.98. The largest absolute Gasteiger partial charge is 0.313 e. The van der Waals surface area contributed by atoms with Crippen molar-refractivity contribution in [2.24, 2.45) is 0 Å². The van der Waals surface area contributed by atoms with Gasteiger partial charge in [0.1, 0.15) is 0 Å². The van der Waals surface area contributed by atoms with Crippen LogP contribution in [-0.4, -0.2) is 13.7 Å². The Hall–Kier alpha value is -6.32. The molecule has 1 unspecified atom stereocenters. The maximum Gasteiger partial charge on any atom is 0.0542 e. The number of benzene rings is 6. The van der Waals surface area contributed by atoms with Gasteiger partial charge in [-0.05, 0) is 91.6 Å². The molecule has 3 aromatic heterocycles. The molecule has 0 amide bonds. The second kappa shape index (κ2) is 11.1. The summed E-state index contributed by atoms with van der Waals surface area (Å²) in [6.45, 7) is 0. The zero-order valence-electron chi connectivity index (χ0n) is 28.2. The van der Waals surface area contributed by atoms with E-state index in [2.05, 4.69) is 184 Å². The van der Waals surface area contributed by atoms with Crippen molar-refractivity contribution >= 4 is 61.8 Å². The number of rotatable bonds is 4. The van der Waals surface area contributed by atoms with Crippen molar-refractivity contribution < 1.29 is 0 Å². The van der Waals surface area contributed by atoms with Gasteiger partial charge >= 0.3 is 0 Å². The van der Waals surface area contributed by atoms with Gasteiger partial charge in [-0.3, -0.25) is 0 Å². The van der Waals surface area contributed by atoms with Gasteiger partial charge < -0.3 is 13.7 Å². The standard InChI is InChI=1S/C48H35N3/c1-3-13-34(14-4-1)49-43-20-10-7-17-37(43)40-29-32(23-26-46(40)49)33-24-27-47-41(30-33)38-18-8-12-22-45(38)51(47)36-25-28-48-42(31-36)39-19-9-11-21-44(39)50(48)35-15-5-2-6-16-35/h1-11,13-21,24-32H,12,22-23H2. The Morgan fingerprint density at radius 1 is 0.490 bits per heavy atom. The summed E-state index contributed by atoms with van der Waals surface area (Å²) in [5.74, 6) is 0.309. The molecule has 2 aliphatic rings. The van der Waals surface area contributed by atoms with Crippen LogP contribution in [0.2, 0.25) is 0 Å². The van der Waals surface area contributed by atoms with Crippen molar-refractivity contribution in [3.05, 3.63) is 179 Å². The molecule has 0 saturated carbocycles. The van der Waals surface area contributed by atoms with E-state index in [1.807, 2.05) is 0 Å². The van der Waals surface area contributed by atoms with E-state index < -0.39 is 0 Å². The van der Waals surface area contributed by atoms with Crippen molar-refractivity contribution in [1.82, 2.24) is 13.7 Å². The third-order valence-corrected chi connectivity index (χ3v) is 11.2. The average Bonchev–Trinajstić information content (AvgIpc) is 3.83. The van der Waals surface area contributed by atoms with Crippen LogP contribution >= 0.6 is 0 Å². The lowest BCUT2D eigenvalue weighted by molar-refractivity contribution is 0.889. The molecule has 3 nitrogen and oxygen atoms in total. The Balaban J connectivity index is 1.07. The van der Waals surface area contributed by atoms with Gasteiger partial charge in [0.05, 0.1) is 22.1 Å². The molecule has 0 spiro atoms. The molecule has 242 valence electrons. The van der Waals surface area contributed by atoms with Gasteiger partial charge in [-0.25, -0.2) is 0 Å². The summed E-state index contributed by atoms with van der Waals surface area (Å²) >= 11 is 0. The molecule has 1 atom stereocenters. The van der Waals surface area contributed by atoms with Crippen molar-refractivity contribution in [2.45, 2.75) is 25.2 Å². The van der Waals surface area contributed by atoms with Crippen LogP contribution in [0, 0.1) is 0 Å². The number of hydrogen-bond acceptors (Lipinski definition) is 0. The first-order valence-electron chi connectivity index (χ1n) is 18.1. The summed E-state index contributed by atoms with van der Waals surface area (Å²) in [7, 11) is 0. The maximum absolute atomic E-state index is 2.54. The average molecular weight is 654 g/mol. The molecule has 0 aliphatic heterocycles. The highest BCUT2D eigenvalue weighted by atomic mass is 15.0. The van der Waals surface area contributed by atoms with Crippen molar-refractivity contribution in [3.63, 3.8) is 0 Å². The summed E-state index contributed by atoms with van der Waals surface area (Å²) in [4.78, 5) is 0. The molecular formula is C48H35N3. The van der Waals surface area contributed by atoms with E-state index in [1.54, 1.807) is 0 Å². The van der Waals surface area contributed by atoms with Crippen LogP contribution < -0.4 is 10.6 Å². The first-order chi connectivity index (χ1) is 25.3. The second-order valence-corrected chi connectivity index (χ2v) is 14.0. The second-order valence-electron chi connectivity index (χ2n) is 14.0. The molecule has 51 heavy (non-hydrogen) atoms. The zero-order valence-corrected chi connectivity index (χ0v) is 28.2. The third kappa shape index (κ3) is 4.25. The summed E-state index contributed by atoms with van der Waals surface area (Å²) in [6.07, 6.45) is 12.8. The predicted molar refractivity (Wildman–Crippen MR) is 214 cm³/mol. The quantitative estimate of drug-likeness (QED) is 0.180. The van der Waals surface area contributed by atoms with Crippen LogP contribution in [0.3, 0.4) is 0 Å². The number of fused-ring (bicyclic) bond motifs is 9. The molecular weight excluding hydrogens is 619 g/mol. The highest BCUT2D eigenvalue weighted by molar-refractivity contribution is 6.10. The Labute approximate surface area is 295 Å².